The van der Waals surface area contributed by atoms with Crippen LogP contribution < -0.4 is 0 Å². The van der Waals surface area contributed by atoms with Crippen LogP contribution in [0.4, 0.5) is 22.0 Å². The molecule has 1 aromatic heterocycles. The number of alkyl halides is 5. The quantitative estimate of drug-likeness (QED) is 0.663. The highest BCUT2D eigenvalue weighted by molar-refractivity contribution is 5.94. The van der Waals surface area contributed by atoms with Gasteiger partial charge in [-0.3, -0.25) is 4.98 Å². The number of methoxy groups -OCH3 is 1. The summed E-state index contributed by atoms with van der Waals surface area (Å²) in [5.74, 6) is -3.12. The van der Waals surface area contributed by atoms with Crippen LogP contribution >= 0.6 is 0 Å². The van der Waals surface area contributed by atoms with E-state index in [-0.39, 0.29) is 6.20 Å². The van der Waals surface area contributed by atoms with Crippen LogP contribution in [-0.4, -0.2) is 23.2 Å². The number of rotatable bonds is 2. The number of aromatic nitrogens is 1. The average Bonchev–Trinajstić information content (AvgIpc) is 2.25. The maximum atomic E-state index is 12.5. The molecular formula is C9H6F5NO3. The van der Waals surface area contributed by atoms with Gasteiger partial charge in [-0.15, -0.1) is 0 Å². The number of nitrogens with zero attached hydrogens (tertiary/aromatic N) is 1. The van der Waals surface area contributed by atoms with E-state index in [0.29, 0.717) is 0 Å². The molecule has 0 spiro atoms. The maximum absolute atomic E-state index is 12.5. The fourth-order valence-corrected chi connectivity index (χ4v) is 1.20. The Kier molecular flexibility index (Phi) is 3.73. The van der Waals surface area contributed by atoms with Crippen LogP contribution in [0.15, 0.2) is 6.20 Å². The van der Waals surface area contributed by atoms with Gasteiger partial charge in [-0.1, -0.05) is 0 Å². The molecule has 100 valence electrons. The Morgan fingerprint density at radius 2 is 2.00 bits per heavy atom. The van der Waals surface area contributed by atoms with E-state index in [9.17, 15) is 31.9 Å². The molecule has 0 saturated heterocycles. The maximum Gasteiger partial charge on any atom is 0.418 e. The highest BCUT2D eigenvalue weighted by atomic mass is 19.4. The molecule has 0 aromatic carbocycles. The lowest BCUT2D eigenvalue weighted by atomic mass is 10.1. The number of ether oxygens (including phenoxy) is 1. The Morgan fingerprint density at radius 1 is 1.44 bits per heavy atom. The highest BCUT2D eigenvalue weighted by Crippen LogP contribution is 2.38. The summed E-state index contributed by atoms with van der Waals surface area (Å²) in [5, 5.41) is 9.26. The van der Waals surface area contributed by atoms with Crippen molar-refractivity contribution < 1.29 is 36.6 Å². The third-order valence-corrected chi connectivity index (χ3v) is 1.98. The molecule has 0 aliphatic carbocycles. The lowest BCUT2D eigenvalue weighted by Crippen LogP contribution is -2.16. The molecule has 1 aromatic rings. The highest BCUT2D eigenvalue weighted by Gasteiger charge is 2.39. The molecule has 0 radical (unpaired) electrons. The van der Waals surface area contributed by atoms with Crippen molar-refractivity contribution in [2.45, 2.75) is 12.6 Å². The Morgan fingerprint density at radius 3 is 2.39 bits per heavy atom. The van der Waals surface area contributed by atoms with Crippen LogP contribution in [-0.2, 0) is 10.9 Å². The van der Waals surface area contributed by atoms with Crippen molar-refractivity contribution in [1.29, 1.82) is 0 Å². The van der Waals surface area contributed by atoms with Gasteiger partial charge in [-0.25, -0.2) is 13.6 Å². The Hall–Kier alpha value is -1.93. The summed E-state index contributed by atoms with van der Waals surface area (Å²) >= 11 is 0. The summed E-state index contributed by atoms with van der Waals surface area (Å²) in [7, 11) is 0.754. The fraction of sp³-hybridized carbons (Fsp3) is 0.333. The monoisotopic (exact) mass is 271 g/mol. The van der Waals surface area contributed by atoms with Gasteiger partial charge < -0.3 is 9.84 Å². The van der Waals surface area contributed by atoms with E-state index in [2.05, 4.69) is 9.72 Å². The van der Waals surface area contributed by atoms with E-state index >= 15 is 0 Å². The van der Waals surface area contributed by atoms with Crippen LogP contribution in [0.25, 0.3) is 0 Å². The summed E-state index contributed by atoms with van der Waals surface area (Å²) in [5.41, 5.74) is -4.34. The summed E-state index contributed by atoms with van der Waals surface area (Å²) in [6.45, 7) is 0. The molecule has 0 aliphatic heterocycles. The third kappa shape index (κ3) is 2.49. The summed E-state index contributed by atoms with van der Waals surface area (Å²) in [4.78, 5) is 13.9. The average molecular weight is 271 g/mol. The normalized spacial score (nSPS) is 11.7. The number of hydrogen-bond acceptors (Lipinski definition) is 4. The van der Waals surface area contributed by atoms with Gasteiger partial charge in [0.25, 0.3) is 6.43 Å². The minimum Gasteiger partial charge on any atom is -0.505 e. The minimum atomic E-state index is -5.03. The molecule has 18 heavy (non-hydrogen) atoms. The Labute approximate surface area is 97.0 Å². The van der Waals surface area contributed by atoms with E-state index in [0.717, 1.165) is 7.11 Å². The second-order valence-corrected chi connectivity index (χ2v) is 3.07. The lowest BCUT2D eigenvalue weighted by Gasteiger charge is -2.14. The molecule has 0 unspecified atom stereocenters. The first kappa shape index (κ1) is 14.1. The van der Waals surface area contributed by atoms with E-state index in [1.54, 1.807) is 0 Å². The summed E-state index contributed by atoms with van der Waals surface area (Å²) < 4.78 is 66.2. The Bertz CT molecular complexity index is 472. The fourth-order valence-electron chi connectivity index (χ4n) is 1.20. The van der Waals surface area contributed by atoms with E-state index in [1.165, 1.54) is 0 Å². The zero-order valence-electron chi connectivity index (χ0n) is 8.76. The minimum absolute atomic E-state index is 0.0491. The molecule has 0 bridgehead atoms. The number of esters is 1. The van der Waals surface area contributed by atoms with Gasteiger partial charge in [0.05, 0.1) is 12.7 Å². The summed E-state index contributed by atoms with van der Waals surface area (Å²) in [6, 6.07) is 0. The number of carbonyl (C=O) groups excluding carboxylic acids is 1. The van der Waals surface area contributed by atoms with Crippen molar-refractivity contribution in [3.8, 4) is 5.75 Å². The van der Waals surface area contributed by atoms with Gasteiger partial charge in [0, 0.05) is 6.20 Å². The van der Waals surface area contributed by atoms with Gasteiger partial charge >= 0.3 is 12.1 Å². The van der Waals surface area contributed by atoms with Gasteiger partial charge in [0.2, 0.25) is 0 Å². The van der Waals surface area contributed by atoms with Crippen molar-refractivity contribution in [3.63, 3.8) is 0 Å². The molecule has 0 amide bonds. The standard InChI is InChI=1S/C9H6F5NO3/c1-18-8(17)4-3(9(12,13)14)2-15-5(6(4)16)7(10)11/h2,7,16H,1H3. The predicted molar refractivity (Wildman–Crippen MR) is 47.2 cm³/mol. The van der Waals surface area contributed by atoms with Crippen molar-refractivity contribution in [3.05, 3.63) is 23.0 Å². The van der Waals surface area contributed by atoms with Gasteiger partial charge in [-0.2, -0.15) is 13.2 Å². The smallest absolute Gasteiger partial charge is 0.418 e. The first-order chi connectivity index (χ1) is 8.20. The summed E-state index contributed by atoms with van der Waals surface area (Å²) in [6.07, 6.45) is -8.31. The number of hydrogen-bond donors (Lipinski definition) is 1. The van der Waals surface area contributed by atoms with Crippen LogP contribution in [0.5, 0.6) is 5.75 Å². The van der Waals surface area contributed by atoms with Gasteiger partial charge in [0.1, 0.15) is 11.3 Å². The second kappa shape index (κ2) is 4.75. The molecule has 0 fully saturated rings. The lowest BCUT2D eigenvalue weighted by molar-refractivity contribution is -0.138. The van der Waals surface area contributed by atoms with Crippen molar-refractivity contribution in [2.24, 2.45) is 0 Å². The van der Waals surface area contributed by atoms with Crippen LogP contribution in [0.1, 0.15) is 28.0 Å². The molecular weight excluding hydrogens is 265 g/mol. The van der Waals surface area contributed by atoms with Crippen molar-refractivity contribution in [1.82, 2.24) is 4.98 Å². The van der Waals surface area contributed by atoms with E-state index in [4.69, 9.17) is 0 Å². The number of aromatic hydroxyl groups is 1. The molecule has 0 aliphatic rings. The van der Waals surface area contributed by atoms with E-state index in [1.807, 2.05) is 0 Å². The van der Waals surface area contributed by atoms with Crippen molar-refractivity contribution in [2.75, 3.05) is 7.11 Å². The largest absolute Gasteiger partial charge is 0.505 e. The first-order valence-corrected chi connectivity index (χ1v) is 4.35. The zero-order valence-corrected chi connectivity index (χ0v) is 8.76. The van der Waals surface area contributed by atoms with Gasteiger partial charge in [0.15, 0.2) is 5.75 Å². The number of pyridine rings is 1. The molecule has 0 atom stereocenters. The zero-order chi connectivity index (χ0) is 14.1. The van der Waals surface area contributed by atoms with Crippen LogP contribution in [0, 0.1) is 0 Å². The van der Waals surface area contributed by atoms with Crippen LogP contribution in [0.3, 0.4) is 0 Å². The molecule has 9 heteroatoms. The number of carbonyl (C=O) groups is 1. The number of halogens is 5. The molecule has 1 N–H and O–H groups in total. The predicted octanol–water partition coefficient (Wildman–Crippen LogP) is 2.53. The molecule has 4 nitrogen and oxygen atoms in total. The van der Waals surface area contributed by atoms with Crippen molar-refractivity contribution >= 4 is 5.97 Å². The SMILES string of the molecule is COC(=O)c1c(C(F)(F)F)cnc(C(F)F)c1O. The first-order valence-electron chi connectivity index (χ1n) is 4.35. The molecule has 0 saturated carbocycles. The molecule has 1 rings (SSSR count). The van der Waals surface area contributed by atoms with Crippen LogP contribution in [0.2, 0.25) is 0 Å². The molecule has 1 heterocycles. The topological polar surface area (TPSA) is 59.4 Å². The third-order valence-electron chi connectivity index (χ3n) is 1.98. The second-order valence-electron chi connectivity index (χ2n) is 3.07. The van der Waals surface area contributed by atoms with E-state index < -0.39 is 41.1 Å². The Balaban J connectivity index is 3.57. The van der Waals surface area contributed by atoms with Gasteiger partial charge in [-0.05, 0) is 0 Å².